The lowest BCUT2D eigenvalue weighted by atomic mass is 9.97. The molecule has 2 N–H and O–H groups in total. The summed E-state index contributed by atoms with van der Waals surface area (Å²) >= 11 is 6.35. The fraction of sp³-hybridized carbons (Fsp3) is 0.118. The number of rotatable bonds is 2. The number of aromatic nitrogens is 1. The topological polar surface area (TPSA) is 52.0 Å². The number of hydrogen-bond donors (Lipinski definition) is 1. The molecule has 0 fully saturated rings. The Morgan fingerprint density at radius 3 is 2.52 bits per heavy atom. The monoisotopic (exact) mass is 298 g/mol. The van der Waals surface area contributed by atoms with Crippen LogP contribution in [0.25, 0.3) is 22.4 Å². The fourth-order valence-electron chi connectivity index (χ4n) is 2.41. The molecule has 106 valence electrons. The molecule has 0 aliphatic heterocycles. The molecule has 21 heavy (non-hydrogen) atoms. The Morgan fingerprint density at radius 1 is 1.05 bits per heavy atom. The van der Waals surface area contributed by atoms with E-state index in [9.17, 15) is 0 Å². The van der Waals surface area contributed by atoms with Crippen molar-refractivity contribution in [1.82, 2.24) is 5.16 Å². The highest BCUT2D eigenvalue weighted by Crippen LogP contribution is 2.40. The third-order valence-electron chi connectivity index (χ3n) is 3.51. The number of anilines is 1. The lowest BCUT2D eigenvalue weighted by Crippen LogP contribution is -1.91. The number of hydrogen-bond acceptors (Lipinski definition) is 3. The Kier molecular flexibility index (Phi) is 3.43. The van der Waals surface area contributed by atoms with Gasteiger partial charge in [-0.2, -0.15) is 0 Å². The molecule has 0 amide bonds. The second-order valence-corrected chi connectivity index (χ2v) is 5.48. The molecule has 4 heteroatoms. The van der Waals surface area contributed by atoms with Gasteiger partial charge in [-0.1, -0.05) is 53.2 Å². The molecule has 0 unspecified atom stereocenters. The van der Waals surface area contributed by atoms with Crippen LogP contribution in [0.5, 0.6) is 0 Å². The third-order valence-corrected chi connectivity index (χ3v) is 3.83. The van der Waals surface area contributed by atoms with Crippen LogP contribution in [0.3, 0.4) is 0 Å². The Morgan fingerprint density at radius 2 is 1.81 bits per heavy atom. The van der Waals surface area contributed by atoms with Crippen molar-refractivity contribution in [1.29, 1.82) is 0 Å². The van der Waals surface area contributed by atoms with E-state index in [0.29, 0.717) is 16.6 Å². The second kappa shape index (κ2) is 5.26. The highest BCUT2D eigenvalue weighted by molar-refractivity contribution is 6.33. The minimum absolute atomic E-state index is 0.302. The van der Waals surface area contributed by atoms with Gasteiger partial charge in [0.1, 0.15) is 5.69 Å². The number of nitrogens with two attached hydrogens (primary N) is 1. The summed E-state index contributed by atoms with van der Waals surface area (Å²) in [7, 11) is 0. The molecule has 0 aliphatic rings. The van der Waals surface area contributed by atoms with Crippen LogP contribution >= 0.6 is 11.6 Å². The number of nitrogens with zero attached hydrogens (tertiary/aromatic N) is 1. The molecule has 3 rings (SSSR count). The first-order valence-corrected chi connectivity index (χ1v) is 7.03. The molecule has 3 nitrogen and oxygen atoms in total. The standard InChI is InChI=1S/C17H15ClN2O/c1-10-7-8-13(14(18)9-10)16-15(17(19)21-20-16)12-6-4-3-5-11(12)2/h3-9H,19H2,1-2H3. The summed E-state index contributed by atoms with van der Waals surface area (Å²) in [5.41, 5.74) is 11.5. The Labute approximate surface area is 128 Å². The fourth-order valence-corrected chi connectivity index (χ4v) is 2.74. The summed E-state index contributed by atoms with van der Waals surface area (Å²) in [6.07, 6.45) is 0. The van der Waals surface area contributed by atoms with Gasteiger partial charge in [-0.05, 0) is 36.6 Å². The van der Waals surface area contributed by atoms with Crippen molar-refractivity contribution >= 4 is 17.5 Å². The van der Waals surface area contributed by atoms with E-state index in [-0.39, 0.29) is 0 Å². The van der Waals surface area contributed by atoms with E-state index in [1.54, 1.807) is 0 Å². The van der Waals surface area contributed by atoms with Gasteiger partial charge >= 0.3 is 0 Å². The first-order chi connectivity index (χ1) is 10.1. The molecule has 1 aromatic heterocycles. The molecule has 0 bridgehead atoms. The van der Waals surface area contributed by atoms with Gasteiger partial charge in [0.05, 0.1) is 10.6 Å². The van der Waals surface area contributed by atoms with Crippen LogP contribution < -0.4 is 5.73 Å². The van der Waals surface area contributed by atoms with Crippen LogP contribution in [0.2, 0.25) is 5.02 Å². The van der Waals surface area contributed by atoms with Gasteiger partial charge in [-0.25, -0.2) is 0 Å². The highest BCUT2D eigenvalue weighted by atomic mass is 35.5. The summed E-state index contributed by atoms with van der Waals surface area (Å²) in [5, 5.41) is 4.75. The maximum absolute atomic E-state index is 6.35. The number of nitrogen functional groups attached to an aromatic ring is 1. The van der Waals surface area contributed by atoms with Crippen molar-refractivity contribution in [2.24, 2.45) is 0 Å². The zero-order valence-corrected chi connectivity index (χ0v) is 12.6. The molecule has 0 aliphatic carbocycles. The molecule has 0 saturated carbocycles. The highest BCUT2D eigenvalue weighted by Gasteiger charge is 2.20. The van der Waals surface area contributed by atoms with Gasteiger partial charge in [-0.3, -0.25) is 0 Å². The predicted molar refractivity (Wildman–Crippen MR) is 86.3 cm³/mol. The quantitative estimate of drug-likeness (QED) is 0.735. The minimum atomic E-state index is 0.302. The molecule has 3 aromatic rings. The van der Waals surface area contributed by atoms with Crippen LogP contribution in [0.15, 0.2) is 47.0 Å². The zero-order valence-electron chi connectivity index (χ0n) is 11.9. The second-order valence-electron chi connectivity index (χ2n) is 5.07. The van der Waals surface area contributed by atoms with Crippen LogP contribution in [0, 0.1) is 13.8 Å². The van der Waals surface area contributed by atoms with Gasteiger partial charge < -0.3 is 10.3 Å². The first kappa shape index (κ1) is 13.7. The molecular formula is C17H15ClN2O. The summed E-state index contributed by atoms with van der Waals surface area (Å²) in [6, 6.07) is 13.8. The van der Waals surface area contributed by atoms with Gasteiger partial charge in [0.15, 0.2) is 0 Å². The van der Waals surface area contributed by atoms with Crippen molar-refractivity contribution in [3.8, 4) is 22.4 Å². The number of benzene rings is 2. The summed E-state index contributed by atoms with van der Waals surface area (Å²) in [6.45, 7) is 4.03. The van der Waals surface area contributed by atoms with Crippen LogP contribution in [-0.4, -0.2) is 5.16 Å². The average molecular weight is 299 g/mol. The number of aryl methyl sites for hydroxylation is 2. The van der Waals surface area contributed by atoms with Crippen molar-refractivity contribution in [2.45, 2.75) is 13.8 Å². The summed E-state index contributed by atoms with van der Waals surface area (Å²) in [5.74, 6) is 0.302. The maximum atomic E-state index is 6.35. The van der Waals surface area contributed by atoms with Crippen molar-refractivity contribution in [2.75, 3.05) is 5.73 Å². The predicted octanol–water partition coefficient (Wildman–Crippen LogP) is 4.86. The van der Waals surface area contributed by atoms with E-state index in [1.165, 1.54) is 0 Å². The Balaban J connectivity index is 2.25. The van der Waals surface area contributed by atoms with E-state index in [0.717, 1.165) is 27.8 Å². The molecule has 2 aromatic carbocycles. The van der Waals surface area contributed by atoms with E-state index in [1.807, 2.05) is 56.3 Å². The molecule has 0 atom stereocenters. The van der Waals surface area contributed by atoms with Gasteiger partial charge in [0.25, 0.3) is 0 Å². The molecule has 1 heterocycles. The zero-order chi connectivity index (χ0) is 15.0. The number of halogens is 1. The van der Waals surface area contributed by atoms with E-state index in [2.05, 4.69) is 5.16 Å². The lowest BCUT2D eigenvalue weighted by Gasteiger charge is -2.07. The minimum Gasteiger partial charge on any atom is -0.367 e. The van der Waals surface area contributed by atoms with E-state index >= 15 is 0 Å². The third kappa shape index (κ3) is 2.41. The Bertz CT molecular complexity index is 808. The first-order valence-electron chi connectivity index (χ1n) is 6.65. The van der Waals surface area contributed by atoms with Crippen LogP contribution in [-0.2, 0) is 0 Å². The molecule has 0 spiro atoms. The molecule has 0 radical (unpaired) electrons. The Hall–Kier alpha value is -2.26. The van der Waals surface area contributed by atoms with Crippen LogP contribution in [0.4, 0.5) is 5.88 Å². The van der Waals surface area contributed by atoms with Crippen molar-refractivity contribution in [3.63, 3.8) is 0 Å². The molecule has 0 saturated heterocycles. The normalized spacial score (nSPS) is 10.8. The van der Waals surface area contributed by atoms with E-state index < -0.39 is 0 Å². The van der Waals surface area contributed by atoms with Gasteiger partial charge in [0, 0.05) is 5.56 Å². The SMILES string of the molecule is Cc1ccc(-c2noc(N)c2-c2ccccc2C)c(Cl)c1. The average Bonchev–Trinajstić information content (AvgIpc) is 2.81. The van der Waals surface area contributed by atoms with Gasteiger partial charge in [0.2, 0.25) is 5.88 Å². The molecular weight excluding hydrogens is 284 g/mol. The maximum Gasteiger partial charge on any atom is 0.230 e. The largest absolute Gasteiger partial charge is 0.367 e. The van der Waals surface area contributed by atoms with Gasteiger partial charge in [-0.15, -0.1) is 0 Å². The lowest BCUT2D eigenvalue weighted by molar-refractivity contribution is 0.439. The van der Waals surface area contributed by atoms with Crippen LogP contribution in [0.1, 0.15) is 11.1 Å². The smallest absolute Gasteiger partial charge is 0.230 e. The van der Waals surface area contributed by atoms with Crippen molar-refractivity contribution in [3.05, 3.63) is 58.6 Å². The summed E-state index contributed by atoms with van der Waals surface area (Å²) in [4.78, 5) is 0. The van der Waals surface area contributed by atoms with Crippen molar-refractivity contribution < 1.29 is 4.52 Å². The van der Waals surface area contributed by atoms with E-state index in [4.69, 9.17) is 21.9 Å². The summed E-state index contributed by atoms with van der Waals surface area (Å²) < 4.78 is 5.21.